The third kappa shape index (κ3) is 4.67. The average molecular weight is 479 g/mol. The largest absolute Gasteiger partial charge is 0.424 e. The van der Waals surface area contributed by atoms with E-state index in [4.69, 9.17) is 4.74 Å². The fourth-order valence-electron chi connectivity index (χ4n) is 3.88. The molecule has 1 aliphatic rings. The summed E-state index contributed by atoms with van der Waals surface area (Å²) in [5.41, 5.74) is 3.46. The van der Waals surface area contributed by atoms with Crippen molar-refractivity contribution in [3.8, 4) is 11.8 Å². The predicted molar refractivity (Wildman–Crippen MR) is 131 cm³/mol. The van der Waals surface area contributed by atoms with E-state index in [1.54, 1.807) is 48.7 Å². The molecule has 1 aliphatic heterocycles. The first kappa shape index (κ1) is 22.9. The van der Waals surface area contributed by atoms with Crippen molar-refractivity contribution in [2.75, 3.05) is 5.32 Å². The molecule has 178 valence electrons. The van der Waals surface area contributed by atoms with Crippen LogP contribution in [0.3, 0.4) is 0 Å². The molecule has 5 rings (SSSR count). The number of pyridine rings is 1. The molecule has 36 heavy (non-hydrogen) atoms. The molecule has 1 N–H and O–H groups in total. The molecule has 4 aromatic rings. The van der Waals surface area contributed by atoms with E-state index >= 15 is 0 Å². The maximum atomic E-state index is 12.9. The number of fused-ring (bicyclic) bond motifs is 1. The van der Waals surface area contributed by atoms with Crippen LogP contribution in [0.25, 0.3) is 0 Å². The van der Waals surface area contributed by atoms with E-state index in [0.717, 1.165) is 16.3 Å². The highest BCUT2D eigenvalue weighted by Gasteiger charge is 2.36. The molecule has 0 unspecified atom stereocenters. The van der Waals surface area contributed by atoms with Gasteiger partial charge in [0.05, 0.1) is 23.4 Å². The highest BCUT2D eigenvalue weighted by Crippen LogP contribution is 2.26. The summed E-state index contributed by atoms with van der Waals surface area (Å²) in [6.45, 7) is 3.79. The minimum absolute atomic E-state index is 0.0658. The third-order valence-corrected chi connectivity index (χ3v) is 5.56. The smallest absolute Gasteiger partial charge is 0.322 e. The van der Waals surface area contributed by atoms with Crippen LogP contribution in [0.15, 0.2) is 72.9 Å². The zero-order valence-electron chi connectivity index (χ0n) is 19.6. The second kappa shape index (κ2) is 9.38. The predicted octanol–water partition coefficient (Wildman–Crippen LogP) is 4.33. The van der Waals surface area contributed by atoms with Crippen LogP contribution >= 0.6 is 0 Å². The Morgan fingerprint density at radius 2 is 1.61 bits per heavy atom. The van der Waals surface area contributed by atoms with Crippen molar-refractivity contribution in [3.63, 3.8) is 0 Å². The zero-order valence-corrected chi connectivity index (χ0v) is 19.6. The van der Waals surface area contributed by atoms with Gasteiger partial charge in [-0.15, -0.1) is 0 Å². The average Bonchev–Trinajstić information content (AvgIpc) is 3.09. The van der Waals surface area contributed by atoms with Gasteiger partial charge in [0, 0.05) is 28.8 Å². The number of anilines is 1. The highest BCUT2D eigenvalue weighted by molar-refractivity contribution is 6.22. The molecular formula is C27H21N5O4. The number of rotatable bonds is 6. The van der Waals surface area contributed by atoms with Crippen LogP contribution in [0.2, 0.25) is 0 Å². The number of carbonyl (C=O) groups excluding carboxylic acids is 3. The van der Waals surface area contributed by atoms with Crippen LogP contribution < -0.4 is 10.1 Å². The van der Waals surface area contributed by atoms with E-state index in [1.165, 1.54) is 18.2 Å². The minimum atomic E-state index is -0.453. The van der Waals surface area contributed by atoms with E-state index in [9.17, 15) is 14.4 Å². The molecule has 0 saturated heterocycles. The number of hydrogen-bond donors (Lipinski definition) is 1. The number of hydrogen-bond acceptors (Lipinski definition) is 7. The lowest BCUT2D eigenvalue weighted by atomic mass is 10.1. The SMILES string of the molecule is Cc1cc(C)nc(Oc2ccc(NC(=O)c3ccc4c(c3)C(=O)N(Cc3ccccn3)C4=O)cc2)n1. The van der Waals surface area contributed by atoms with Crippen LogP contribution in [-0.4, -0.2) is 37.6 Å². The summed E-state index contributed by atoms with van der Waals surface area (Å²) >= 11 is 0. The maximum Gasteiger partial charge on any atom is 0.322 e. The van der Waals surface area contributed by atoms with Gasteiger partial charge in [0.1, 0.15) is 5.75 Å². The molecule has 3 amide bonds. The van der Waals surface area contributed by atoms with Crippen molar-refractivity contribution in [1.29, 1.82) is 0 Å². The molecule has 0 fully saturated rings. The normalized spacial score (nSPS) is 12.4. The van der Waals surface area contributed by atoms with E-state index in [-0.39, 0.29) is 29.2 Å². The molecule has 2 aromatic carbocycles. The molecule has 0 radical (unpaired) electrons. The van der Waals surface area contributed by atoms with Crippen LogP contribution in [0.1, 0.15) is 48.2 Å². The zero-order chi connectivity index (χ0) is 25.2. The first-order valence-corrected chi connectivity index (χ1v) is 11.2. The monoisotopic (exact) mass is 479 g/mol. The fourth-order valence-corrected chi connectivity index (χ4v) is 3.88. The lowest BCUT2D eigenvalue weighted by Gasteiger charge is -2.12. The molecule has 0 bridgehead atoms. The Morgan fingerprint density at radius 3 is 2.31 bits per heavy atom. The number of benzene rings is 2. The van der Waals surface area contributed by atoms with E-state index in [2.05, 4.69) is 20.3 Å². The van der Waals surface area contributed by atoms with Gasteiger partial charge in [-0.2, -0.15) is 0 Å². The van der Waals surface area contributed by atoms with Gasteiger partial charge in [0.15, 0.2) is 0 Å². The standard InChI is InChI=1S/C27H21N5O4/c1-16-13-17(2)30-27(29-16)36-21-9-7-19(8-10-21)31-24(33)18-6-11-22-23(14-18)26(35)32(25(22)34)15-20-5-3-4-12-28-20/h3-14H,15H2,1-2H3,(H,31,33). The number of amides is 3. The Balaban J connectivity index is 1.27. The third-order valence-electron chi connectivity index (χ3n) is 5.56. The van der Waals surface area contributed by atoms with Gasteiger partial charge in [-0.25, -0.2) is 9.97 Å². The molecule has 0 atom stereocenters. The minimum Gasteiger partial charge on any atom is -0.424 e. The summed E-state index contributed by atoms with van der Waals surface area (Å²) in [5, 5.41) is 2.79. The summed E-state index contributed by atoms with van der Waals surface area (Å²) in [4.78, 5) is 52.3. The Hall–Kier alpha value is -4.92. The Morgan fingerprint density at radius 1 is 0.889 bits per heavy atom. The summed E-state index contributed by atoms with van der Waals surface area (Å²) in [7, 11) is 0. The van der Waals surface area contributed by atoms with Gasteiger partial charge in [0.25, 0.3) is 17.7 Å². The summed E-state index contributed by atoms with van der Waals surface area (Å²) in [5.74, 6) is -0.749. The second-order valence-corrected chi connectivity index (χ2v) is 8.29. The summed E-state index contributed by atoms with van der Waals surface area (Å²) < 4.78 is 5.70. The molecular weight excluding hydrogens is 458 g/mol. The number of nitrogens with one attached hydrogen (secondary N) is 1. The van der Waals surface area contributed by atoms with Crippen molar-refractivity contribution in [3.05, 3.63) is 107 Å². The van der Waals surface area contributed by atoms with Crippen molar-refractivity contribution >= 4 is 23.4 Å². The number of aromatic nitrogens is 3. The van der Waals surface area contributed by atoms with Gasteiger partial charge in [0.2, 0.25) is 0 Å². The number of aryl methyl sites for hydroxylation is 2. The van der Waals surface area contributed by atoms with Crippen LogP contribution in [0, 0.1) is 13.8 Å². The van der Waals surface area contributed by atoms with E-state index < -0.39 is 17.7 Å². The molecule has 9 heteroatoms. The summed E-state index contributed by atoms with van der Waals surface area (Å²) in [6.07, 6.45) is 1.60. The Labute approximate surface area is 206 Å². The lowest BCUT2D eigenvalue weighted by molar-refractivity contribution is 0.0640. The Kier molecular flexibility index (Phi) is 5.95. The van der Waals surface area contributed by atoms with Crippen LogP contribution in [-0.2, 0) is 6.54 Å². The Bertz CT molecular complexity index is 1470. The summed E-state index contributed by atoms with van der Waals surface area (Å²) in [6, 6.07) is 18.6. The number of nitrogens with zero attached hydrogens (tertiary/aromatic N) is 4. The molecule has 0 spiro atoms. The van der Waals surface area contributed by atoms with Crippen molar-refractivity contribution in [2.45, 2.75) is 20.4 Å². The van der Waals surface area contributed by atoms with Gasteiger partial charge >= 0.3 is 6.01 Å². The topological polar surface area (TPSA) is 114 Å². The molecule has 9 nitrogen and oxygen atoms in total. The number of carbonyl (C=O) groups is 3. The van der Waals surface area contributed by atoms with E-state index in [1.807, 2.05) is 19.9 Å². The van der Waals surface area contributed by atoms with E-state index in [0.29, 0.717) is 17.1 Å². The molecule has 0 saturated carbocycles. The van der Waals surface area contributed by atoms with Crippen LogP contribution in [0.4, 0.5) is 5.69 Å². The highest BCUT2D eigenvalue weighted by atomic mass is 16.5. The van der Waals surface area contributed by atoms with Crippen molar-refractivity contribution in [2.24, 2.45) is 0 Å². The number of ether oxygens (including phenoxy) is 1. The van der Waals surface area contributed by atoms with Gasteiger partial charge < -0.3 is 10.1 Å². The van der Waals surface area contributed by atoms with Crippen LogP contribution in [0.5, 0.6) is 11.8 Å². The molecule has 0 aliphatic carbocycles. The quantitative estimate of drug-likeness (QED) is 0.409. The second-order valence-electron chi connectivity index (χ2n) is 8.29. The van der Waals surface area contributed by atoms with Crippen molar-refractivity contribution < 1.29 is 19.1 Å². The molecule has 3 heterocycles. The first-order valence-electron chi connectivity index (χ1n) is 11.2. The first-order chi connectivity index (χ1) is 17.4. The molecule has 2 aromatic heterocycles. The van der Waals surface area contributed by atoms with Gasteiger partial charge in [-0.05, 0) is 74.5 Å². The van der Waals surface area contributed by atoms with Gasteiger partial charge in [-0.1, -0.05) is 6.07 Å². The maximum absolute atomic E-state index is 12.9. The lowest BCUT2D eigenvalue weighted by Crippen LogP contribution is -2.29. The van der Waals surface area contributed by atoms with Gasteiger partial charge in [-0.3, -0.25) is 24.3 Å². The fraction of sp³-hybridized carbons (Fsp3) is 0.111. The number of imide groups is 1. The van der Waals surface area contributed by atoms with Crippen molar-refractivity contribution in [1.82, 2.24) is 19.9 Å².